The number of ether oxygens (including phenoxy) is 2. The Labute approximate surface area is 413 Å². The van der Waals surface area contributed by atoms with E-state index in [0.29, 0.717) is 30.5 Å². The Kier molecular flexibility index (Phi) is 9.20. The minimum Gasteiger partial charge on any atom is -0.457 e. The highest BCUT2D eigenvalue weighted by molar-refractivity contribution is 5.90. The van der Waals surface area contributed by atoms with Crippen LogP contribution in [-0.4, -0.2) is 40.7 Å². The van der Waals surface area contributed by atoms with Gasteiger partial charge in [0.25, 0.3) is 0 Å². The third kappa shape index (κ3) is 7.28. The summed E-state index contributed by atoms with van der Waals surface area (Å²) in [7, 11) is 2.12. The van der Waals surface area contributed by atoms with E-state index in [1.807, 2.05) is 77.7 Å². The van der Waals surface area contributed by atoms with Crippen LogP contribution in [0, 0.1) is 0 Å². The predicted octanol–water partition coefficient (Wildman–Crippen LogP) is 14.9. The summed E-state index contributed by atoms with van der Waals surface area (Å²) in [6, 6.07) is 74.7. The third-order valence-electron chi connectivity index (χ3n) is 13.6. The van der Waals surface area contributed by atoms with Gasteiger partial charge in [-0.15, -0.1) is 0 Å². The van der Waals surface area contributed by atoms with Gasteiger partial charge < -0.3 is 48.7 Å². The van der Waals surface area contributed by atoms with Crippen LogP contribution in [-0.2, 0) is 0 Å². The maximum Gasteiger partial charge on any atom is 0.129 e. The lowest BCUT2D eigenvalue weighted by Crippen LogP contribution is -2.25. The highest BCUT2D eigenvalue weighted by Gasteiger charge is 2.31. The van der Waals surface area contributed by atoms with E-state index in [1.54, 1.807) is 0 Å². The fourth-order valence-electron chi connectivity index (χ4n) is 10.3. The van der Waals surface area contributed by atoms with Gasteiger partial charge in [-0.1, -0.05) is 72.8 Å². The Morgan fingerprint density at radius 2 is 0.557 bits per heavy atom. The molecule has 0 bridgehead atoms. The molecule has 0 N–H and O–H groups in total. The minimum atomic E-state index is -2.27. The first-order chi connectivity index (χ1) is 35.7. The molecule has 9 aromatic carbocycles. The topological polar surface area (TPSA) is 44.4 Å². The lowest BCUT2D eigenvalue weighted by atomic mass is 10.2. The van der Waals surface area contributed by atoms with E-state index in [4.69, 9.17) is 13.6 Å². The lowest BCUT2D eigenvalue weighted by molar-refractivity contribution is 0.482. The molecule has 0 atom stereocenters. The van der Waals surface area contributed by atoms with E-state index in [9.17, 15) is 0 Å². The summed E-state index contributed by atoms with van der Waals surface area (Å²) in [5.74, 6) is 2.91. The smallest absolute Gasteiger partial charge is 0.129 e. The van der Waals surface area contributed by atoms with Crippen molar-refractivity contribution in [3.05, 3.63) is 218 Å². The molecule has 0 aliphatic carbocycles. The molecular formula is C60H50N8O2. The molecule has 4 heterocycles. The number of nitrogens with zero attached hydrogens (tertiary/aromatic N) is 8. The fraction of sp³-hybridized carbons (Fsp3) is 0.100. The normalized spacial score (nSPS) is 15.4. The average Bonchev–Trinajstić information content (AvgIpc) is 4.20. The molecule has 0 fully saturated rings. The van der Waals surface area contributed by atoms with E-state index >= 15 is 0 Å². The molecule has 342 valence electrons. The second kappa shape index (κ2) is 16.9. The number of fused-ring (bicyclic) bond motifs is 4. The van der Waals surface area contributed by atoms with Crippen LogP contribution < -0.4 is 48.7 Å². The monoisotopic (exact) mass is 917 g/mol. The van der Waals surface area contributed by atoms with Crippen molar-refractivity contribution in [1.29, 1.82) is 0 Å². The molecule has 10 nitrogen and oxygen atoms in total. The van der Waals surface area contributed by atoms with Gasteiger partial charge >= 0.3 is 0 Å². The Hall–Kier alpha value is -9.02. The maximum absolute atomic E-state index is 8.15. The summed E-state index contributed by atoms with van der Waals surface area (Å²) in [5, 5.41) is 0. The fourth-order valence-corrected chi connectivity index (χ4v) is 10.3. The number of para-hydroxylation sites is 8. The number of anilines is 14. The largest absolute Gasteiger partial charge is 0.457 e. The van der Waals surface area contributed by atoms with Crippen LogP contribution in [0.4, 0.5) is 79.6 Å². The number of hydrogen-bond acceptors (Lipinski definition) is 10. The van der Waals surface area contributed by atoms with Crippen molar-refractivity contribution >= 4 is 79.6 Å². The quantitative estimate of drug-likeness (QED) is 0.133. The van der Waals surface area contributed by atoms with Crippen LogP contribution in [0.3, 0.4) is 0 Å². The van der Waals surface area contributed by atoms with E-state index in [0.717, 1.165) is 80.7 Å². The summed E-state index contributed by atoms with van der Waals surface area (Å²) in [4.78, 5) is 17.4. The van der Waals surface area contributed by atoms with Crippen LogP contribution in [0.5, 0.6) is 23.0 Å². The van der Waals surface area contributed by atoms with Crippen LogP contribution in [0.2, 0.25) is 0 Å². The molecule has 0 spiro atoms. The molecule has 0 amide bonds. The number of rotatable bonds is 10. The molecule has 0 radical (unpaired) electrons. The second-order valence-electron chi connectivity index (χ2n) is 17.9. The maximum atomic E-state index is 8.15. The predicted molar refractivity (Wildman–Crippen MR) is 287 cm³/mol. The zero-order chi connectivity index (χ0) is 49.2. The van der Waals surface area contributed by atoms with Gasteiger partial charge in [0.1, 0.15) is 36.3 Å². The molecule has 0 aromatic heterocycles. The second-order valence-corrected chi connectivity index (χ2v) is 17.9. The van der Waals surface area contributed by atoms with E-state index < -0.39 is 6.98 Å². The van der Waals surface area contributed by atoms with Gasteiger partial charge in [0, 0.05) is 76.5 Å². The van der Waals surface area contributed by atoms with E-state index in [-0.39, 0.29) is 6.67 Å². The van der Waals surface area contributed by atoms with Crippen molar-refractivity contribution in [3.8, 4) is 23.0 Å². The Balaban J connectivity index is 0.712. The summed E-state index contributed by atoms with van der Waals surface area (Å²) < 4.78 is 37.6. The molecule has 70 heavy (non-hydrogen) atoms. The molecular weight excluding hydrogens is 865 g/mol. The first kappa shape index (κ1) is 38.0. The van der Waals surface area contributed by atoms with Crippen molar-refractivity contribution in [2.75, 3.05) is 79.9 Å². The summed E-state index contributed by atoms with van der Waals surface area (Å²) in [6.45, 7) is -0.0316. The van der Waals surface area contributed by atoms with E-state index in [1.165, 1.54) is 16.3 Å². The average molecular weight is 918 g/mol. The van der Waals surface area contributed by atoms with Gasteiger partial charge in [-0.3, -0.25) is 0 Å². The van der Waals surface area contributed by atoms with Gasteiger partial charge in [-0.25, -0.2) is 0 Å². The standard InChI is InChI=1S/C60H50N8O2/c1-61-39-63(55-25-5-3-23-53(55)61)45-15-11-19-49(35-45)69-51-21-13-17-47(37-51)67-41-65(57-27-7-9-29-59(57)67)43-31-33-44(34-32-43)66-42-68(60-30-10-8-28-58(60)66)48-18-14-22-52(38-48)70-50-20-12-16-46(36-50)64-40-62(2)54-24-4-6-26-56(54)64/h3-38H,39-42H2,1-2H3/i1D3. The van der Waals surface area contributed by atoms with Crippen LogP contribution in [0.1, 0.15) is 4.11 Å². The highest BCUT2D eigenvalue weighted by atomic mass is 16.5. The molecule has 0 unspecified atom stereocenters. The van der Waals surface area contributed by atoms with Crippen molar-refractivity contribution in [2.24, 2.45) is 0 Å². The Morgan fingerprint density at radius 1 is 0.286 bits per heavy atom. The summed E-state index contributed by atoms with van der Waals surface area (Å²) in [6.07, 6.45) is 0. The van der Waals surface area contributed by atoms with Gasteiger partial charge in [0.2, 0.25) is 0 Å². The Morgan fingerprint density at radius 3 is 0.900 bits per heavy atom. The molecule has 9 aromatic rings. The van der Waals surface area contributed by atoms with Gasteiger partial charge in [-0.2, -0.15) is 0 Å². The van der Waals surface area contributed by atoms with Gasteiger partial charge in [-0.05, 0) is 121 Å². The molecule has 0 saturated heterocycles. The minimum absolute atomic E-state index is 0.213. The van der Waals surface area contributed by atoms with Gasteiger partial charge in [0.05, 0.1) is 58.8 Å². The first-order valence-corrected chi connectivity index (χ1v) is 23.6. The van der Waals surface area contributed by atoms with Crippen molar-refractivity contribution in [1.82, 2.24) is 0 Å². The van der Waals surface area contributed by atoms with Gasteiger partial charge in [0.15, 0.2) is 0 Å². The van der Waals surface area contributed by atoms with E-state index in [2.05, 4.69) is 182 Å². The van der Waals surface area contributed by atoms with Crippen molar-refractivity contribution < 1.29 is 13.6 Å². The molecule has 13 rings (SSSR count). The first-order valence-electron chi connectivity index (χ1n) is 25.1. The molecule has 0 saturated carbocycles. The molecule has 10 heteroatoms. The van der Waals surface area contributed by atoms with Crippen LogP contribution in [0.15, 0.2) is 218 Å². The SMILES string of the molecule is [2H]C([2H])([2H])N1CN(c2cccc(Oc3cccc(N4CN(c5ccc(N6CN(c7cccc(Oc8cccc(N9CN(C)c%10ccccc%109)c8)c7)c7ccccc76)cc5)c5ccccc54)c3)c2)c2ccccc21. The number of benzene rings is 9. The van der Waals surface area contributed by atoms with Crippen molar-refractivity contribution in [3.63, 3.8) is 0 Å². The number of hydrogen-bond donors (Lipinski definition) is 0. The van der Waals surface area contributed by atoms with Crippen LogP contribution >= 0.6 is 0 Å². The molecule has 4 aliphatic rings. The molecule has 4 aliphatic heterocycles. The third-order valence-corrected chi connectivity index (χ3v) is 13.6. The van der Waals surface area contributed by atoms with Crippen LogP contribution in [0.25, 0.3) is 0 Å². The zero-order valence-corrected chi connectivity index (χ0v) is 38.5. The Bertz CT molecular complexity index is 3540. The summed E-state index contributed by atoms with van der Waals surface area (Å²) >= 11 is 0. The lowest BCUT2D eigenvalue weighted by Gasteiger charge is -2.25. The van der Waals surface area contributed by atoms with Crippen molar-refractivity contribution in [2.45, 2.75) is 0 Å². The zero-order valence-electron chi connectivity index (χ0n) is 41.5. The highest BCUT2D eigenvalue weighted by Crippen LogP contribution is 2.49. The summed E-state index contributed by atoms with van der Waals surface area (Å²) in [5.41, 5.74) is 14.6.